The van der Waals surface area contributed by atoms with Gasteiger partial charge in [0.25, 0.3) is 0 Å². The third-order valence-electron chi connectivity index (χ3n) is 1.83. The van der Waals surface area contributed by atoms with Crippen molar-refractivity contribution in [3.63, 3.8) is 0 Å². The molecule has 0 saturated heterocycles. The van der Waals surface area contributed by atoms with E-state index in [1.54, 1.807) is 0 Å². The lowest BCUT2D eigenvalue weighted by Gasteiger charge is -2.02. The first-order valence-electron chi connectivity index (χ1n) is 3.83. The number of aromatic nitrogens is 3. The van der Waals surface area contributed by atoms with Gasteiger partial charge in [0.05, 0.1) is 12.7 Å². The van der Waals surface area contributed by atoms with Crippen molar-refractivity contribution in [1.29, 1.82) is 0 Å². The van der Waals surface area contributed by atoms with Crippen molar-refractivity contribution in [2.45, 2.75) is 0 Å². The van der Waals surface area contributed by atoms with Gasteiger partial charge in [0.15, 0.2) is 5.75 Å². The first-order valence-corrected chi connectivity index (χ1v) is 3.83. The van der Waals surface area contributed by atoms with Crippen molar-refractivity contribution < 1.29 is 14.6 Å². The predicted molar refractivity (Wildman–Crippen MR) is 46.5 cm³/mol. The quantitative estimate of drug-likeness (QED) is 0.748. The van der Waals surface area contributed by atoms with Crippen LogP contribution in [0.1, 0.15) is 10.4 Å². The van der Waals surface area contributed by atoms with Crippen molar-refractivity contribution in [3.8, 4) is 5.75 Å². The van der Waals surface area contributed by atoms with Crippen LogP contribution < -0.4 is 4.74 Å². The van der Waals surface area contributed by atoms with Crippen LogP contribution in [0.15, 0.2) is 18.6 Å². The van der Waals surface area contributed by atoms with E-state index in [1.807, 2.05) is 0 Å². The summed E-state index contributed by atoms with van der Waals surface area (Å²) in [6.45, 7) is 0. The van der Waals surface area contributed by atoms with Gasteiger partial charge >= 0.3 is 5.97 Å². The molecule has 0 bridgehead atoms. The molecule has 0 radical (unpaired) electrons. The molecular formula is C8H7N3O3. The molecule has 2 rings (SSSR count). The number of carbonyl (C=O) groups is 1. The highest BCUT2D eigenvalue weighted by Gasteiger charge is 2.10. The monoisotopic (exact) mass is 193 g/mol. The molecule has 14 heavy (non-hydrogen) atoms. The minimum atomic E-state index is -1.01. The lowest BCUT2D eigenvalue weighted by Crippen LogP contribution is -2.00. The van der Waals surface area contributed by atoms with Crippen LogP contribution in [-0.4, -0.2) is 32.8 Å². The Morgan fingerprint density at radius 2 is 2.43 bits per heavy atom. The van der Waals surface area contributed by atoms with Gasteiger partial charge in [0.2, 0.25) is 5.65 Å². The Kier molecular flexibility index (Phi) is 1.81. The number of aromatic carboxylic acids is 1. The molecular weight excluding hydrogens is 186 g/mol. The zero-order valence-electron chi connectivity index (χ0n) is 7.34. The summed E-state index contributed by atoms with van der Waals surface area (Å²) >= 11 is 0. The Morgan fingerprint density at radius 1 is 1.64 bits per heavy atom. The number of carboxylic acids is 1. The van der Waals surface area contributed by atoms with Crippen LogP contribution in [-0.2, 0) is 0 Å². The summed E-state index contributed by atoms with van der Waals surface area (Å²) in [5.41, 5.74) is 0.631. The Hall–Kier alpha value is -2.11. The molecule has 6 heteroatoms. The third-order valence-corrected chi connectivity index (χ3v) is 1.83. The number of pyridine rings is 1. The smallest absolute Gasteiger partial charge is 0.337 e. The normalized spacial score (nSPS) is 10.4. The Bertz CT molecular complexity index is 492. The molecule has 0 spiro atoms. The highest BCUT2D eigenvalue weighted by Crippen LogP contribution is 2.18. The molecule has 2 aromatic rings. The molecule has 0 aliphatic carbocycles. The number of hydrogen-bond donors (Lipinski definition) is 1. The maximum atomic E-state index is 10.7. The van der Waals surface area contributed by atoms with Crippen LogP contribution in [0.5, 0.6) is 5.75 Å². The average Bonchev–Trinajstić information content (AvgIpc) is 2.63. The van der Waals surface area contributed by atoms with Crippen LogP contribution >= 0.6 is 0 Å². The van der Waals surface area contributed by atoms with Crippen LogP contribution in [0.25, 0.3) is 5.65 Å². The van der Waals surface area contributed by atoms with Crippen LogP contribution in [0.2, 0.25) is 0 Å². The second-order valence-electron chi connectivity index (χ2n) is 2.66. The fourth-order valence-electron chi connectivity index (χ4n) is 1.17. The topological polar surface area (TPSA) is 76.7 Å². The fraction of sp³-hybridized carbons (Fsp3) is 0.125. The van der Waals surface area contributed by atoms with Crippen LogP contribution in [0.4, 0.5) is 0 Å². The van der Waals surface area contributed by atoms with E-state index in [1.165, 1.54) is 30.1 Å². The Morgan fingerprint density at radius 3 is 3.07 bits per heavy atom. The Balaban J connectivity index is 2.73. The van der Waals surface area contributed by atoms with Gasteiger partial charge in [-0.3, -0.25) is 4.40 Å². The average molecular weight is 193 g/mol. The standard InChI is InChI=1S/C8H7N3O3/c1-14-6-2-5(8(12)13)3-11-4-9-10-7(6)11/h2-4H,1H3,(H,12,13). The molecule has 72 valence electrons. The molecule has 2 heterocycles. The number of rotatable bonds is 2. The maximum Gasteiger partial charge on any atom is 0.337 e. The molecule has 0 atom stereocenters. The lowest BCUT2D eigenvalue weighted by atomic mass is 10.3. The zero-order valence-corrected chi connectivity index (χ0v) is 7.34. The minimum absolute atomic E-state index is 0.133. The largest absolute Gasteiger partial charge is 0.493 e. The van der Waals surface area contributed by atoms with Crippen molar-refractivity contribution in [2.75, 3.05) is 7.11 Å². The molecule has 0 fully saturated rings. The van der Waals surface area contributed by atoms with Gasteiger partial charge in [-0.2, -0.15) is 0 Å². The second kappa shape index (κ2) is 2.99. The van der Waals surface area contributed by atoms with Gasteiger partial charge in [-0.25, -0.2) is 4.79 Å². The van der Waals surface area contributed by atoms with Crippen molar-refractivity contribution in [2.24, 2.45) is 0 Å². The summed E-state index contributed by atoms with van der Waals surface area (Å²) in [5, 5.41) is 16.2. The summed E-state index contributed by atoms with van der Waals surface area (Å²) < 4.78 is 6.49. The third kappa shape index (κ3) is 1.17. The molecule has 0 aliphatic heterocycles. The van der Waals surface area contributed by atoms with E-state index in [-0.39, 0.29) is 5.56 Å². The van der Waals surface area contributed by atoms with Crippen molar-refractivity contribution in [3.05, 3.63) is 24.2 Å². The first-order chi connectivity index (χ1) is 6.72. The van der Waals surface area contributed by atoms with E-state index in [0.29, 0.717) is 11.4 Å². The first kappa shape index (κ1) is 8.49. The SMILES string of the molecule is COc1cc(C(=O)O)cn2cnnc12. The highest BCUT2D eigenvalue weighted by atomic mass is 16.5. The molecule has 0 saturated carbocycles. The number of hydrogen-bond acceptors (Lipinski definition) is 4. The number of ether oxygens (including phenoxy) is 1. The molecule has 1 N–H and O–H groups in total. The van der Waals surface area contributed by atoms with Crippen molar-refractivity contribution in [1.82, 2.24) is 14.6 Å². The summed E-state index contributed by atoms with van der Waals surface area (Å²) in [5.74, 6) is -0.624. The predicted octanol–water partition coefficient (Wildman–Crippen LogP) is 0.436. The van der Waals surface area contributed by atoms with Crippen molar-refractivity contribution >= 4 is 11.6 Å². The van der Waals surface area contributed by atoms with Crippen LogP contribution in [0.3, 0.4) is 0 Å². The van der Waals surface area contributed by atoms with Gasteiger partial charge < -0.3 is 9.84 Å². The lowest BCUT2D eigenvalue weighted by molar-refractivity contribution is 0.0696. The zero-order chi connectivity index (χ0) is 10.1. The second-order valence-corrected chi connectivity index (χ2v) is 2.66. The highest BCUT2D eigenvalue weighted by molar-refractivity contribution is 5.88. The van der Waals surface area contributed by atoms with Gasteiger partial charge in [0.1, 0.15) is 6.33 Å². The van der Waals surface area contributed by atoms with E-state index >= 15 is 0 Å². The summed E-state index contributed by atoms with van der Waals surface area (Å²) in [7, 11) is 1.45. The molecule has 2 aromatic heterocycles. The fourth-order valence-corrected chi connectivity index (χ4v) is 1.17. The van der Waals surface area contributed by atoms with Gasteiger partial charge in [-0.05, 0) is 0 Å². The number of carboxylic acid groups (broad SMARTS) is 1. The molecule has 0 amide bonds. The number of fused-ring (bicyclic) bond motifs is 1. The molecule has 0 aliphatic rings. The van der Waals surface area contributed by atoms with Gasteiger partial charge in [-0.15, -0.1) is 10.2 Å². The summed E-state index contributed by atoms with van der Waals surface area (Å²) in [6.07, 6.45) is 2.85. The van der Waals surface area contributed by atoms with Gasteiger partial charge in [0, 0.05) is 12.3 Å². The van der Waals surface area contributed by atoms with Gasteiger partial charge in [-0.1, -0.05) is 0 Å². The van der Waals surface area contributed by atoms with E-state index in [0.717, 1.165) is 0 Å². The number of nitrogens with zero attached hydrogens (tertiary/aromatic N) is 3. The minimum Gasteiger partial charge on any atom is -0.493 e. The van der Waals surface area contributed by atoms with E-state index in [2.05, 4.69) is 10.2 Å². The Labute approximate surface area is 78.8 Å². The maximum absolute atomic E-state index is 10.7. The van der Waals surface area contributed by atoms with E-state index in [4.69, 9.17) is 9.84 Å². The van der Waals surface area contributed by atoms with Crippen LogP contribution in [0, 0.1) is 0 Å². The molecule has 6 nitrogen and oxygen atoms in total. The number of methoxy groups -OCH3 is 1. The molecule has 0 unspecified atom stereocenters. The summed E-state index contributed by atoms with van der Waals surface area (Å²) in [6, 6.07) is 1.41. The van der Waals surface area contributed by atoms with E-state index < -0.39 is 5.97 Å². The van der Waals surface area contributed by atoms with E-state index in [9.17, 15) is 4.79 Å². The summed E-state index contributed by atoms with van der Waals surface area (Å²) in [4.78, 5) is 10.7. The molecule has 0 aromatic carbocycles.